The Hall–Kier alpha value is -1.76. The lowest BCUT2D eigenvalue weighted by atomic mass is 10.1. The Labute approximate surface area is 141 Å². The second-order valence-electron chi connectivity index (χ2n) is 5.93. The number of likely N-dealkylation sites (N-methyl/N-ethyl adjacent to an activating group) is 1. The predicted octanol–water partition coefficient (Wildman–Crippen LogP) is 2.85. The van der Waals surface area contributed by atoms with Crippen molar-refractivity contribution in [1.29, 1.82) is 0 Å². The monoisotopic (exact) mass is 342 g/mol. The highest BCUT2D eigenvalue weighted by molar-refractivity contribution is 5.79. The van der Waals surface area contributed by atoms with E-state index in [0.29, 0.717) is 24.1 Å². The number of nitrogens with zero attached hydrogens (tertiary/aromatic N) is 2. The highest BCUT2D eigenvalue weighted by atomic mass is 19.4. The Morgan fingerprint density at radius 3 is 2.79 bits per heavy atom. The molecule has 0 radical (unpaired) electrons. The van der Waals surface area contributed by atoms with Crippen LogP contribution in [0.3, 0.4) is 0 Å². The molecule has 0 spiro atoms. The first-order chi connectivity index (χ1) is 11.4. The molecule has 2 N–H and O–H groups in total. The summed E-state index contributed by atoms with van der Waals surface area (Å²) in [5.74, 6) is 0.607. The van der Waals surface area contributed by atoms with Crippen molar-refractivity contribution in [1.82, 2.24) is 15.5 Å². The summed E-state index contributed by atoms with van der Waals surface area (Å²) >= 11 is 0. The summed E-state index contributed by atoms with van der Waals surface area (Å²) < 4.78 is 38.2. The summed E-state index contributed by atoms with van der Waals surface area (Å²) in [7, 11) is 1.66. The van der Waals surface area contributed by atoms with Crippen LogP contribution >= 0.6 is 0 Å². The maximum Gasteiger partial charge on any atom is 0.416 e. The van der Waals surface area contributed by atoms with E-state index in [1.165, 1.54) is 12.5 Å². The zero-order valence-electron chi connectivity index (χ0n) is 14.2. The molecule has 1 saturated heterocycles. The maximum atomic E-state index is 12.7. The Morgan fingerprint density at radius 1 is 1.33 bits per heavy atom. The van der Waals surface area contributed by atoms with Crippen molar-refractivity contribution in [3.05, 3.63) is 35.4 Å². The second kappa shape index (κ2) is 8.37. The van der Waals surface area contributed by atoms with Crippen molar-refractivity contribution in [3.63, 3.8) is 0 Å². The predicted molar refractivity (Wildman–Crippen MR) is 89.9 cm³/mol. The van der Waals surface area contributed by atoms with E-state index in [4.69, 9.17) is 0 Å². The highest BCUT2D eigenvalue weighted by Crippen LogP contribution is 2.29. The molecule has 4 nitrogen and oxygen atoms in total. The van der Waals surface area contributed by atoms with Crippen LogP contribution in [0, 0.1) is 0 Å². The zero-order valence-corrected chi connectivity index (χ0v) is 14.2. The number of nitrogens with one attached hydrogen (secondary N) is 2. The number of likely N-dealkylation sites (tertiary alicyclic amines) is 1. The van der Waals surface area contributed by atoms with Crippen molar-refractivity contribution in [2.24, 2.45) is 4.99 Å². The highest BCUT2D eigenvalue weighted by Gasteiger charge is 2.30. The van der Waals surface area contributed by atoms with Crippen LogP contribution in [0.25, 0.3) is 0 Å². The summed E-state index contributed by atoms with van der Waals surface area (Å²) in [6.07, 6.45) is -1.95. The number of halogens is 3. The minimum absolute atomic E-state index is 0.297. The van der Waals surface area contributed by atoms with E-state index in [9.17, 15) is 13.2 Å². The van der Waals surface area contributed by atoms with E-state index in [-0.39, 0.29) is 0 Å². The lowest BCUT2D eigenvalue weighted by Gasteiger charge is -2.24. The average Bonchev–Trinajstić information content (AvgIpc) is 3.02. The van der Waals surface area contributed by atoms with E-state index < -0.39 is 11.7 Å². The fourth-order valence-corrected chi connectivity index (χ4v) is 3.02. The summed E-state index contributed by atoms with van der Waals surface area (Å²) in [5, 5.41) is 6.34. The van der Waals surface area contributed by atoms with Gasteiger partial charge in [-0.3, -0.25) is 9.89 Å². The zero-order chi connectivity index (χ0) is 17.6. The molecule has 2 rings (SSSR count). The van der Waals surface area contributed by atoms with E-state index in [0.717, 1.165) is 38.2 Å². The third-order valence-corrected chi connectivity index (χ3v) is 4.35. The Balaban J connectivity index is 1.86. The van der Waals surface area contributed by atoms with Crippen molar-refractivity contribution in [2.75, 3.05) is 26.7 Å². The molecule has 1 unspecified atom stereocenters. The van der Waals surface area contributed by atoms with Gasteiger partial charge in [0.2, 0.25) is 0 Å². The quantitative estimate of drug-likeness (QED) is 0.638. The van der Waals surface area contributed by atoms with Gasteiger partial charge in [-0.15, -0.1) is 0 Å². The first kappa shape index (κ1) is 18.6. The summed E-state index contributed by atoms with van der Waals surface area (Å²) in [6, 6.07) is 5.83. The summed E-state index contributed by atoms with van der Waals surface area (Å²) in [6.45, 7) is 5.39. The topological polar surface area (TPSA) is 39.7 Å². The van der Waals surface area contributed by atoms with Crippen LogP contribution in [-0.4, -0.2) is 43.6 Å². The number of rotatable bonds is 5. The van der Waals surface area contributed by atoms with Gasteiger partial charge in [-0.05, 0) is 43.6 Å². The van der Waals surface area contributed by atoms with E-state index in [2.05, 4.69) is 27.4 Å². The van der Waals surface area contributed by atoms with Crippen molar-refractivity contribution < 1.29 is 13.2 Å². The van der Waals surface area contributed by atoms with Crippen molar-refractivity contribution in [2.45, 2.75) is 38.5 Å². The molecule has 0 saturated carbocycles. The van der Waals surface area contributed by atoms with Gasteiger partial charge in [0, 0.05) is 26.2 Å². The van der Waals surface area contributed by atoms with Gasteiger partial charge in [0.25, 0.3) is 0 Å². The molecule has 0 bridgehead atoms. The van der Waals surface area contributed by atoms with Gasteiger partial charge in [-0.1, -0.05) is 19.1 Å². The normalized spacial score (nSPS) is 19.5. The Kier molecular flexibility index (Phi) is 6.48. The van der Waals surface area contributed by atoms with E-state index >= 15 is 0 Å². The molecule has 134 valence electrons. The number of guanidine groups is 1. The molecule has 24 heavy (non-hydrogen) atoms. The molecule has 1 aromatic rings. The van der Waals surface area contributed by atoms with Crippen LogP contribution in [0.5, 0.6) is 0 Å². The molecular formula is C17H25F3N4. The molecule has 0 aliphatic carbocycles. The van der Waals surface area contributed by atoms with Gasteiger partial charge in [0.1, 0.15) is 0 Å². The molecule has 1 heterocycles. The van der Waals surface area contributed by atoms with Crippen LogP contribution in [0.2, 0.25) is 0 Å². The molecular weight excluding hydrogens is 317 g/mol. The Morgan fingerprint density at radius 2 is 2.12 bits per heavy atom. The first-order valence-corrected chi connectivity index (χ1v) is 8.28. The number of aliphatic imine (C=N–C) groups is 1. The molecule has 1 atom stereocenters. The molecule has 1 aromatic carbocycles. The third-order valence-electron chi connectivity index (χ3n) is 4.35. The third kappa shape index (κ3) is 5.12. The molecule has 0 amide bonds. The summed E-state index contributed by atoms with van der Waals surface area (Å²) in [4.78, 5) is 6.56. The minimum atomic E-state index is -4.32. The molecule has 1 fully saturated rings. The molecule has 1 aliphatic rings. The molecule has 1 aliphatic heterocycles. The van der Waals surface area contributed by atoms with Crippen LogP contribution in [0.4, 0.5) is 13.2 Å². The van der Waals surface area contributed by atoms with Gasteiger partial charge in [-0.2, -0.15) is 13.2 Å². The molecule has 0 aromatic heterocycles. The van der Waals surface area contributed by atoms with Gasteiger partial charge >= 0.3 is 6.18 Å². The summed E-state index contributed by atoms with van der Waals surface area (Å²) in [5.41, 5.74) is -0.0573. The number of benzene rings is 1. The number of alkyl halides is 3. The maximum absolute atomic E-state index is 12.7. The SMILES string of the molecule is CCN1CCCC1CNC(=NC)NCc1cccc(C(F)(F)F)c1. The van der Waals surface area contributed by atoms with Crippen molar-refractivity contribution >= 4 is 5.96 Å². The number of hydrogen-bond donors (Lipinski definition) is 2. The largest absolute Gasteiger partial charge is 0.416 e. The lowest BCUT2D eigenvalue weighted by Crippen LogP contribution is -2.44. The van der Waals surface area contributed by atoms with Gasteiger partial charge in [-0.25, -0.2) is 0 Å². The van der Waals surface area contributed by atoms with Crippen LogP contribution in [0.1, 0.15) is 30.9 Å². The second-order valence-corrected chi connectivity index (χ2v) is 5.93. The average molecular weight is 342 g/mol. The standard InChI is InChI=1S/C17H25F3N4/c1-3-24-9-5-8-15(24)12-23-16(21-2)22-11-13-6-4-7-14(10-13)17(18,19)20/h4,6-7,10,15H,3,5,8-9,11-12H2,1-2H3,(H2,21,22,23). The number of hydrogen-bond acceptors (Lipinski definition) is 2. The lowest BCUT2D eigenvalue weighted by molar-refractivity contribution is -0.137. The Bertz CT molecular complexity index is 557. The minimum Gasteiger partial charge on any atom is -0.355 e. The smallest absolute Gasteiger partial charge is 0.355 e. The van der Waals surface area contributed by atoms with Gasteiger partial charge < -0.3 is 10.6 Å². The van der Waals surface area contributed by atoms with Crippen molar-refractivity contribution in [3.8, 4) is 0 Å². The van der Waals surface area contributed by atoms with Gasteiger partial charge in [0.05, 0.1) is 5.56 Å². The van der Waals surface area contributed by atoms with Crippen LogP contribution in [0.15, 0.2) is 29.3 Å². The fourth-order valence-electron chi connectivity index (χ4n) is 3.02. The first-order valence-electron chi connectivity index (χ1n) is 8.28. The van der Waals surface area contributed by atoms with Gasteiger partial charge in [0.15, 0.2) is 5.96 Å². The van der Waals surface area contributed by atoms with E-state index in [1.807, 2.05) is 0 Å². The fraction of sp³-hybridized carbons (Fsp3) is 0.588. The van der Waals surface area contributed by atoms with Crippen LogP contribution < -0.4 is 10.6 Å². The van der Waals surface area contributed by atoms with E-state index in [1.54, 1.807) is 13.1 Å². The molecule has 7 heteroatoms. The van der Waals surface area contributed by atoms with Crippen LogP contribution in [-0.2, 0) is 12.7 Å².